The minimum atomic E-state index is -4.95. The average molecular weight is 634 g/mol. The van der Waals surface area contributed by atoms with Gasteiger partial charge in [0, 0.05) is 43.2 Å². The number of nitrogens with one attached hydrogen (secondary N) is 2. The molecule has 0 saturated heterocycles. The fraction of sp³-hybridized carbons (Fsp3) is 0.500. The van der Waals surface area contributed by atoms with Crippen molar-refractivity contribution in [3.8, 4) is 0 Å². The van der Waals surface area contributed by atoms with E-state index in [-0.39, 0.29) is 36.7 Å². The Morgan fingerprint density at radius 1 is 0.867 bits per heavy atom. The first-order chi connectivity index (χ1) is 21.2. The normalized spacial score (nSPS) is 17.4. The van der Waals surface area contributed by atoms with E-state index >= 15 is 0 Å². The first kappa shape index (κ1) is 31.3. The summed E-state index contributed by atoms with van der Waals surface area (Å²) in [5, 5.41) is 6.90. The van der Waals surface area contributed by atoms with E-state index in [1.807, 2.05) is 45.0 Å². The molecule has 2 N–H and O–H groups in total. The number of aromatic nitrogens is 1. The summed E-state index contributed by atoms with van der Waals surface area (Å²) in [4.78, 5) is 9.18. The molecule has 6 rings (SSSR count). The lowest BCUT2D eigenvalue weighted by atomic mass is 10.0. The molecule has 2 fully saturated rings. The summed E-state index contributed by atoms with van der Waals surface area (Å²) in [5.41, 5.74) is 5.86. The number of fused-ring (bicyclic) bond motifs is 1. The number of aryl methyl sites for hydroxylation is 1. The fourth-order valence-electron chi connectivity index (χ4n) is 5.63. The van der Waals surface area contributed by atoms with Gasteiger partial charge < -0.3 is 9.80 Å². The van der Waals surface area contributed by atoms with Crippen molar-refractivity contribution in [2.24, 2.45) is 16.9 Å². The van der Waals surface area contributed by atoms with Crippen LogP contribution in [0.3, 0.4) is 0 Å². The Morgan fingerprint density at radius 2 is 1.49 bits per heavy atom. The molecule has 13 heteroatoms. The minimum Gasteiger partial charge on any atom is -0.356 e. The van der Waals surface area contributed by atoms with Crippen LogP contribution in [-0.2, 0) is 25.4 Å². The lowest BCUT2D eigenvalue weighted by molar-refractivity contribution is -0.143. The lowest BCUT2D eigenvalue weighted by Crippen LogP contribution is -2.49. The third-order valence-corrected chi connectivity index (χ3v) is 8.44. The van der Waals surface area contributed by atoms with Gasteiger partial charge in [0.25, 0.3) is 0 Å². The summed E-state index contributed by atoms with van der Waals surface area (Å²) in [6, 6.07) is 9.62. The summed E-state index contributed by atoms with van der Waals surface area (Å²) < 4.78 is 82.5. The lowest BCUT2D eigenvalue weighted by Gasteiger charge is -2.31. The molecule has 2 saturated carbocycles. The number of hydrazone groups is 1. The minimum absolute atomic E-state index is 0.0491. The molecule has 0 spiro atoms. The predicted octanol–water partition coefficient (Wildman–Crippen LogP) is 7.21. The number of halogens is 6. The van der Waals surface area contributed by atoms with Gasteiger partial charge >= 0.3 is 12.4 Å². The number of nitrogens with zero attached hydrogens (tertiary/aromatic N) is 5. The van der Waals surface area contributed by atoms with Crippen molar-refractivity contribution in [3.05, 3.63) is 70.3 Å². The summed E-state index contributed by atoms with van der Waals surface area (Å²) >= 11 is 0. The molecule has 2 aromatic carbocycles. The monoisotopic (exact) mass is 633 g/mol. The number of hydrogen-bond acceptors (Lipinski definition) is 7. The Kier molecular flexibility index (Phi) is 8.25. The second-order valence-corrected chi connectivity index (χ2v) is 12.8. The number of hydrogen-bond donors (Lipinski definition) is 2. The zero-order valence-electron chi connectivity index (χ0n) is 25.4. The fourth-order valence-corrected chi connectivity index (χ4v) is 5.63. The van der Waals surface area contributed by atoms with E-state index < -0.39 is 23.5 Å². The molecular formula is C32H37F6N7. The zero-order chi connectivity index (χ0) is 32.1. The van der Waals surface area contributed by atoms with Gasteiger partial charge in [-0.1, -0.05) is 18.2 Å². The molecule has 1 aromatic heterocycles. The van der Waals surface area contributed by atoms with Crippen LogP contribution in [0.25, 0.3) is 10.9 Å². The quantitative estimate of drug-likeness (QED) is 0.230. The summed E-state index contributed by atoms with van der Waals surface area (Å²) in [6.45, 7) is 7.43. The van der Waals surface area contributed by atoms with Crippen molar-refractivity contribution in [2.45, 2.75) is 77.9 Å². The Labute approximate surface area is 258 Å². The largest absolute Gasteiger partial charge is 0.416 e. The Bertz CT molecular complexity index is 1530. The summed E-state index contributed by atoms with van der Waals surface area (Å²) in [7, 11) is 0. The third kappa shape index (κ3) is 7.40. The first-order valence-electron chi connectivity index (χ1n) is 15.3. The smallest absolute Gasteiger partial charge is 0.356 e. The maximum atomic E-state index is 13.8. The number of rotatable bonds is 10. The average Bonchev–Trinajstić information content (AvgIpc) is 3.90. The van der Waals surface area contributed by atoms with E-state index in [2.05, 4.69) is 21.0 Å². The molecule has 0 unspecified atom stereocenters. The SMILES string of the molecule is Cc1cccc2cc(CN(Cc3cc(C(F)(F)F)cc(C(F)(F)F)c3)C3=NNN(C(C)C)N3)c(N(CC3CC3)CC3CC3)nc12. The Hall–Kier alpha value is -3.74. The molecule has 7 nitrogen and oxygen atoms in total. The second kappa shape index (κ2) is 11.9. The number of pyridine rings is 1. The molecule has 3 aliphatic rings. The van der Waals surface area contributed by atoms with Crippen molar-refractivity contribution in [1.82, 2.24) is 26.0 Å². The van der Waals surface area contributed by atoms with Crippen LogP contribution < -0.4 is 15.9 Å². The highest BCUT2D eigenvalue weighted by Gasteiger charge is 2.38. The number of alkyl halides is 6. The van der Waals surface area contributed by atoms with Crippen molar-refractivity contribution < 1.29 is 26.3 Å². The number of hydrazine groups is 2. The van der Waals surface area contributed by atoms with Crippen LogP contribution in [-0.4, -0.2) is 40.1 Å². The van der Waals surface area contributed by atoms with Crippen LogP contribution in [0.2, 0.25) is 0 Å². The van der Waals surface area contributed by atoms with Gasteiger partial charge in [-0.05, 0) is 93.7 Å². The molecule has 2 aliphatic carbocycles. The molecule has 0 amide bonds. The molecular weight excluding hydrogens is 596 g/mol. The van der Waals surface area contributed by atoms with Crippen LogP contribution in [0.5, 0.6) is 0 Å². The van der Waals surface area contributed by atoms with E-state index in [1.165, 1.54) is 0 Å². The van der Waals surface area contributed by atoms with Gasteiger partial charge in [-0.2, -0.15) is 26.3 Å². The topological polar surface area (TPSA) is 59.0 Å². The van der Waals surface area contributed by atoms with E-state index in [4.69, 9.17) is 4.98 Å². The van der Waals surface area contributed by atoms with Crippen molar-refractivity contribution in [3.63, 3.8) is 0 Å². The maximum Gasteiger partial charge on any atom is 0.416 e. The van der Waals surface area contributed by atoms with E-state index in [0.29, 0.717) is 11.8 Å². The highest BCUT2D eigenvalue weighted by atomic mass is 19.4. The number of anilines is 1. The van der Waals surface area contributed by atoms with Gasteiger partial charge in [0.05, 0.1) is 16.6 Å². The highest BCUT2D eigenvalue weighted by Crippen LogP contribution is 2.39. The molecule has 45 heavy (non-hydrogen) atoms. The van der Waals surface area contributed by atoms with E-state index in [1.54, 1.807) is 10.0 Å². The van der Waals surface area contributed by atoms with Crippen LogP contribution >= 0.6 is 0 Å². The molecule has 0 bridgehead atoms. The van der Waals surface area contributed by atoms with Gasteiger partial charge in [0.2, 0.25) is 5.96 Å². The highest BCUT2D eigenvalue weighted by molar-refractivity contribution is 5.85. The van der Waals surface area contributed by atoms with Crippen LogP contribution in [0.15, 0.2) is 47.6 Å². The van der Waals surface area contributed by atoms with Gasteiger partial charge in [-0.25, -0.2) is 10.5 Å². The van der Waals surface area contributed by atoms with Gasteiger partial charge in [0.15, 0.2) is 0 Å². The number of guanidine groups is 1. The van der Waals surface area contributed by atoms with Gasteiger partial charge in [-0.3, -0.25) is 5.43 Å². The summed E-state index contributed by atoms with van der Waals surface area (Å²) in [5.74, 6) is 2.24. The summed E-state index contributed by atoms with van der Waals surface area (Å²) in [6.07, 6.45) is -5.26. The predicted molar refractivity (Wildman–Crippen MR) is 161 cm³/mol. The first-order valence-corrected chi connectivity index (χ1v) is 15.3. The van der Waals surface area contributed by atoms with Crippen molar-refractivity contribution >= 4 is 22.7 Å². The molecule has 3 aromatic rings. The van der Waals surface area contributed by atoms with E-state index in [0.717, 1.165) is 78.8 Å². The molecule has 2 heterocycles. The van der Waals surface area contributed by atoms with Crippen LogP contribution in [0.1, 0.15) is 67.3 Å². The van der Waals surface area contributed by atoms with Crippen molar-refractivity contribution in [1.29, 1.82) is 0 Å². The van der Waals surface area contributed by atoms with Crippen LogP contribution in [0.4, 0.5) is 32.2 Å². The Balaban J connectivity index is 1.43. The molecule has 0 atom stereocenters. The number of benzene rings is 2. The van der Waals surface area contributed by atoms with Gasteiger partial charge in [-0.15, -0.1) is 10.2 Å². The standard InChI is InChI=1S/C32H37F6N7/c1-19(2)45-41-30(40-42-45)44(17-23-11-26(31(33,34)35)14-27(12-23)32(36,37)38)18-25-13-24-6-4-5-20(3)28(24)39-29(25)43(15-21-7-8-21)16-22-9-10-22/h4-6,11-14,19,21-22,42H,7-10,15-18H2,1-3H3,(H,40,41). The third-order valence-electron chi connectivity index (χ3n) is 8.44. The molecule has 1 aliphatic heterocycles. The van der Waals surface area contributed by atoms with Gasteiger partial charge in [0.1, 0.15) is 5.82 Å². The maximum absolute atomic E-state index is 13.8. The van der Waals surface area contributed by atoms with E-state index in [9.17, 15) is 26.3 Å². The molecule has 242 valence electrons. The van der Waals surface area contributed by atoms with Crippen LogP contribution in [0, 0.1) is 18.8 Å². The van der Waals surface area contributed by atoms with Crippen molar-refractivity contribution in [2.75, 3.05) is 18.0 Å². The zero-order valence-corrected chi connectivity index (χ0v) is 25.4. The molecule has 0 radical (unpaired) electrons. The number of para-hydroxylation sites is 1. The Morgan fingerprint density at radius 3 is 2.02 bits per heavy atom. The second-order valence-electron chi connectivity index (χ2n) is 12.8.